The molecule has 48 heavy (non-hydrogen) atoms. The van der Waals surface area contributed by atoms with Crippen LogP contribution in [0.5, 0.6) is 0 Å². The molecule has 0 saturated heterocycles. The highest BCUT2D eigenvalue weighted by atomic mass is 14.5. The minimum atomic E-state index is 0.373. The lowest BCUT2D eigenvalue weighted by molar-refractivity contribution is 0.519. The zero-order valence-electron chi connectivity index (χ0n) is 27.8. The first kappa shape index (κ1) is 28.6. The molecule has 0 heteroatoms. The van der Waals surface area contributed by atoms with Crippen molar-refractivity contribution in [2.45, 2.75) is 51.4 Å². The Morgan fingerprint density at radius 2 is 1.25 bits per heavy atom. The molecule has 10 aliphatic rings. The van der Waals surface area contributed by atoms with E-state index in [9.17, 15) is 0 Å². The van der Waals surface area contributed by atoms with Crippen molar-refractivity contribution in [1.82, 2.24) is 0 Å². The van der Waals surface area contributed by atoms with Gasteiger partial charge in [0.05, 0.1) is 0 Å². The van der Waals surface area contributed by atoms with Gasteiger partial charge in [0, 0.05) is 35.5 Å². The highest BCUT2D eigenvalue weighted by Gasteiger charge is 2.43. The molecule has 0 fully saturated rings. The molecule has 0 spiro atoms. The SMILES string of the molecule is C1=CCCC(C2=CC3=C(C=C(C4=CC(C5=CC6C=CC=CC6C6=C5CCC=C6)=CCC4)C4C5=C(C=CC34)CCC=C5)C3C=CC=CC23)=C1. The van der Waals surface area contributed by atoms with E-state index in [-0.39, 0.29) is 0 Å². The maximum atomic E-state index is 2.69. The maximum Gasteiger partial charge on any atom is 0.0198 e. The van der Waals surface area contributed by atoms with Gasteiger partial charge in [-0.05, 0) is 118 Å². The minimum absolute atomic E-state index is 0.373. The molecule has 0 bridgehead atoms. The molecule has 0 radical (unpaired) electrons. The number of allylic oxidation sites excluding steroid dienone is 34. The molecule has 6 atom stereocenters. The van der Waals surface area contributed by atoms with Gasteiger partial charge in [-0.3, -0.25) is 0 Å². The molecule has 0 saturated carbocycles. The number of fused-ring (bicyclic) bond motifs is 7. The summed E-state index contributed by atoms with van der Waals surface area (Å²) in [5.74, 6) is 2.49. The average Bonchev–Trinajstić information content (AvgIpc) is 3.17. The Bertz CT molecular complexity index is 2020. The van der Waals surface area contributed by atoms with Crippen LogP contribution in [-0.2, 0) is 0 Å². The van der Waals surface area contributed by atoms with Gasteiger partial charge < -0.3 is 0 Å². The van der Waals surface area contributed by atoms with Crippen molar-refractivity contribution < 1.29 is 0 Å². The molecule has 6 unspecified atom stereocenters. The van der Waals surface area contributed by atoms with E-state index in [2.05, 4.69) is 134 Å². The van der Waals surface area contributed by atoms with Gasteiger partial charge in [0.25, 0.3) is 0 Å². The molecule has 0 aliphatic heterocycles. The quantitative estimate of drug-likeness (QED) is 0.294. The normalized spacial score (nSPS) is 33.8. The van der Waals surface area contributed by atoms with Crippen LogP contribution in [0.25, 0.3) is 0 Å². The highest BCUT2D eigenvalue weighted by molar-refractivity contribution is 5.67. The van der Waals surface area contributed by atoms with Crippen molar-refractivity contribution >= 4 is 0 Å². The zero-order chi connectivity index (χ0) is 31.6. The van der Waals surface area contributed by atoms with Gasteiger partial charge in [0.1, 0.15) is 0 Å². The first-order valence-electron chi connectivity index (χ1n) is 18.7. The van der Waals surface area contributed by atoms with Gasteiger partial charge in [-0.2, -0.15) is 0 Å². The third kappa shape index (κ3) is 4.56. The summed E-state index contributed by atoms with van der Waals surface area (Å²) >= 11 is 0. The van der Waals surface area contributed by atoms with E-state index >= 15 is 0 Å². The zero-order valence-corrected chi connectivity index (χ0v) is 27.8. The molecule has 236 valence electrons. The molecule has 0 aromatic heterocycles. The van der Waals surface area contributed by atoms with E-state index in [4.69, 9.17) is 0 Å². The van der Waals surface area contributed by atoms with Gasteiger partial charge in [-0.15, -0.1) is 0 Å². The lowest BCUT2D eigenvalue weighted by Crippen LogP contribution is -2.33. The molecule has 0 aromatic rings. The van der Waals surface area contributed by atoms with Crippen LogP contribution in [-0.4, -0.2) is 0 Å². The van der Waals surface area contributed by atoms with Gasteiger partial charge in [0.15, 0.2) is 0 Å². The van der Waals surface area contributed by atoms with Crippen LogP contribution in [0.3, 0.4) is 0 Å². The highest BCUT2D eigenvalue weighted by Crippen LogP contribution is 2.55. The van der Waals surface area contributed by atoms with E-state index in [0.717, 1.165) is 51.4 Å². The van der Waals surface area contributed by atoms with E-state index < -0.39 is 0 Å². The van der Waals surface area contributed by atoms with Crippen LogP contribution in [0.4, 0.5) is 0 Å². The lowest BCUT2D eigenvalue weighted by Gasteiger charge is -2.44. The van der Waals surface area contributed by atoms with Crippen molar-refractivity contribution in [2.75, 3.05) is 0 Å². The molecule has 10 aliphatic carbocycles. The fourth-order valence-electron chi connectivity index (χ4n) is 10.3. The predicted molar refractivity (Wildman–Crippen MR) is 201 cm³/mol. The van der Waals surface area contributed by atoms with Crippen LogP contribution >= 0.6 is 0 Å². The second-order valence-electron chi connectivity index (χ2n) is 15.1. The average molecular weight is 621 g/mol. The first-order valence-corrected chi connectivity index (χ1v) is 18.7. The molecule has 0 aromatic carbocycles. The van der Waals surface area contributed by atoms with Crippen molar-refractivity contribution in [2.24, 2.45) is 35.5 Å². The Morgan fingerprint density at radius 1 is 0.500 bits per heavy atom. The summed E-state index contributed by atoms with van der Waals surface area (Å²) in [5.41, 5.74) is 18.6. The summed E-state index contributed by atoms with van der Waals surface area (Å²) in [7, 11) is 0. The van der Waals surface area contributed by atoms with Crippen LogP contribution in [0.2, 0.25) is 0 Å². The Hall–Kier alpha value is -4.42. The van der Waals surface area contributed by atoms with E-state index in [0.29, 0.717) is 35.5 Å². The minimum Gasteiger partial charge on any atom is -0.0842 e. The largest absolute Gasteiger partial charge is 0.0842 e. The Kier molecular flexibility index (Phi) is 6.92. The second-order valence-corrected chi connectivity index (χ2v) is 15.1. The molecular formula is C48H44. The lowest BCUT2D eigenvalue weighted by atomic mass is 9.59. The summed E-state index contributed by atoms with van der Waals surface area (Å²) in [6, 6.07) is 0. The van der Waals surface area contributed by atoms with Crippen molar-refractivity contribution in [3.8, 4) is 0 Å². The Labute approximate surface area is 286 Å². The van der Waals surface area contributed by atoms with Gasteiger partial charge in [-0.1, -0.05) is 134 Å². The number of hydrogen-bond acceptors (Lipinski definition) is 0. The topological polar surface area (TPSA) is 0 Å². The molecular weight excluding hydrogens is 577 g/mol. The Balaban J connectivity index is 1.12. The summed E-state index contributed by atoms with van der Waals surface area (Å²) in [4.78, 5) is 0. The molecule has 10 rings (SSSR count). The van der Waals surface area contributed by atoms with Crippen LogP contribution in [0, 0.1) is 35.5 Å². The van der Waals surface area contributed by atoms with Gasteiger partial charge >= 0.3 is 0 Å². The fourth-order valence-corrected chi connectivity index (χ4v) is 10.3. The fraction of sp³-hybridized carbons (Fsp3) is 0.292. The third-order valence-corrected chi connectivity index (χ3v) is 12.6. The third-order valence-electron chi connectivity index (χ3n) is 12.6. The summed E-state index contributed by atoms with van der Waals surface area (Å²) in [6.45, 7) is 0. The van der Waals surface area contributed by atoms with Crippen molar-refractivity contribution in [3.63, 3.8) is 0 Å². The molecule has 0 heterocycles. The first-order chi connectivity index (χ1) is 23.8. The number of hydrogen-bond donors (Lipinski definition) is 0. The summed E-state index contributed by atoms with van der Waals surface area (Å²) in [6.07, 6.45) is 62.9. The Morgan fingerprint density at radius 3 is 2.15 bits per heavy atom. The van der Waals surface area contributed by atoms with Crippen LogP contribution < -0.4 is 0 Å². The van der Waals surface area contributed by atoms with Crippen molar-refractivity contribution in [1.29, 1.82) is 0 Å². The van der Waals surface area contributed by atoms with E-state index in [1.807, 2.05) is 0 Å². The number of rotatable bonds is 3. The molecule has 0 nitrogen and oxygen atoms in total. The van der Waals surface area contributed by atoms with Crippen LogP contribution in [0.1, 0.15) is 51.4 Å². The smallest absolute Gasteiger partial charge is 0.0198 e. The standard InChI is InChI=1S/C48H44/c1-2-13-31(14-3-1)44-29-47-42-26-25-32-15-4-7-20-37(32)48(42)45(30-46(47)41-24-11-10-23-40(41)44)34-18-12-17-33(27-34)43-28-35-16-5-6-19-36(35)38-21-8-9-22-39(38)43/h1-2,5-8,10-11,13,16-17,19-21,23-30,35-36,40-42,48H,3-4,9,12,14-15,18,22H2. The maximum absolute atomic E-state index is 2.69. The van der Waals surface area contributed by atoms with Crippen molar-refractivity contribution in [3.05, 3.63) is 201 Å². The van der Waals surface area contributed by atoms with Gasteiger partial charge in [0.2, 0.25) is 0 Å². The van der Waals surface area contributed by atoms with Crippen LogP contribution in [0.15, 0.2) is 201 Å². The second kappa shape index (κ2) is 11.6. The molecule has 0 amide bonds. The summed E-state index contributed by atoms with van der Waals surface area (Å²) < 4.78 is 0. The summed E-state index contributed by atoms with van der Waals surface area (Å²) in [5, 5.41) is 0. The van der Waals surface area contributed by atoms with E-state index in [1.165, 1.54) is 16.7 Å². The van der Waals surface area contributed by atoms with E-state index in [1.54, 1.807) is 50.2 Å². The monoisotopic (exact) mass is 620 g/mol. The van der Waals surface area contributed by atoms with Gasteiger partial charge in [-0.25, -0.2) is 0 Å². The predicted octanol–water partition coefficient (Wildman–Crippen LogP) is 11.8. The molecule has 0 N–H and O–H groups in total.